The maximum Gasteiger partial charge on any atom is 0.224 e. The third kappa shape index (κ3) is 2.54. The highest BCUT2D eigenvalue weighted by molar-refractivity contribution is 5.35. The number of nitrogens with one attached hydrogen (secondary N) is 1. The molecule has 1 atom stereocenters. The first-order valence-corrected chi connectivity index (χ1v) is 6.93. The predicted octanol–water partition coefficient (Wildman–Crippen LogP) is 2.30. The summed E-state index contributed by atoms with van der Waals surface area (Å²) in [6.07, 6.45) is 4.24. The van der Waals surface area contributed by atoms with Gasteiger partial charge >= 0.3 is 0 Å². The molecule has 2 aromatic rings. The van der Waals surface area contributed by atoms with E-state index in [-0.39, 0.29) is 5.92 Å². The smallest absolute Gasteiger partial charge is 0.224 e. The molecule has 1 N–H and O–H groups in total. The summed E-state index contributed by atoms with van der Waals surface area (Å²) >= 11 is 0. The summed E-state index contributed by atoms with van der Waals surface area (Å²) in [5, 5.41) is 11.5. The number of hydrogen-bond donors (Lipinski definition) is 1. The molecule has 1 unspecified atom stereocenters. The molecule has 0 saturated heterocycles. The standard InChI is InChI=1S/C15H19N3O/c1-16-10-9-14-17-18-15(19-14)13-8-4-6-11-5-2-3-7-12(11)13/h2-3,5,7,13,16H,4,6,8-10H2,1H3. The monoisotopic (exact) mass is 257 g/mol. The molecule has 19 heavy (non-hydrogen) atoms. The molecule has 0 fully saturated rings. The van der Waals surface area contributed by atoms with Crippen molar-refractivity contribution in [3.05, 3.63) is 47.2 Å². The number of rotatable bonds is 4. The number of benzene rings is 1. The average Bonchev–Trinajstić information content (AvgIpc) is 2.93. The normalized spacial score (nSPS) is 18.3. The fourth-order valence-electron chi connectivity index (χ4n) is 2.75. The van der Waals surface area contributed by atoms with E-state index in [1.165, 1.54) is 17.5 Å². The van der Waals surface area contributed by atoms with Crippen molar-refractivity contribution in [2.24, 2.45) is 0 Å². The zero-order valence-electron chi connectivity index (χ0n) is 11.2. The molecule has 0 spiro atoms. The van der Waals surface area contributed by atoms with Crippen molar-refractivity contribution in [1.29, 1.82) is 0 Å². The molecule has 1 aliphatic rings. The van der Waals surface area contributed by atoms with Gasteiger partial charge in [0.25, 0.3) is 0 Å². The summed E-state index contributed by atoms with van der Waals surface area (Å²) in [4.78, 5) is 0. The number of hydrogen-bond acceptors (Lipinski definition) is 4. The predicted molar refractivity (Wildman–Crippen MR) is 73.2 cm³/mol. The Labute approximate surface area is 113 Å². The maximum atomic E-state index is 5.82. The Bertz CT molecular complexity index is 550. The molecule has 0 radical (unpaired) electrons. The van der Waals surface area contributed by atoms with Crippen molar-refractivity contribution < 1.29 is 4.42 Å². The van der Waals surface area contributed by atoms with Crippen LogP contribution in [-0.4, -0.2) is 23.8 Å². The number of aryl methyl sites for hydroxylation is 1. The number of likely N-dealkylation sites (N-methyl/N-ethyl adjacent to an activating group) is 1. The van der Waals surface area contributed by atoms with Gasteiger partial charge in [0.05, 0.1) is 5.92 Å². The van der Waals surface area contributed by atoms with Crippen LogP contribution in [0, 0.1) is 0 Å². The molecule has 0 bridgehead atoms. The molecule has 3 rings (SSSR count). The van der Waals surface area contributed by atoms with E-state index in [1.54, 1.807) is 0 Å². The van der Waals surface area contributed by atoms with Crippen molar-refractivity contribution in [2.75, 3.05) is 13.6 Å². The third-order valence-corrected chi connectivity index (χ3v) is 3.74. The molecule has 0 aliphatic heterocycles. The van der Waals surface area contributed by atoms with Gasteiger partial charge in [-0.3, -0.25) is 0 Å². The second-order valence-electron chi connectivity index (χ2n) is 5.03. The van der Waals surface area contributed by atoms with Gasteiger partial charge in [0, 0.05) is 13.0 Å². The fraction of sp³-hybridized carbons (Fsp3) is 0.467. The van der Waals surface area contributed by atoms with Gasteiger partial charge in [-0.2, -0.15) is 0 Å². The second kappa shape index (κ2) is 5.53. The first-order valence-electron chi connectivity index (χ1n) is 6.93. The van der Waals surface area contributed by atoms with E-state index in [9.17, 15) is 0 Å². The molecule has 0 amide bonds. The molecule has 100 valence electrons. The van der Waals surface area contributed by atoms with E-state index < -0.39 is 0 Å². The van der Waals surface area contributed by atoms with Crippen LogP contribution in [0.5, 0.6) is 0 Å². The molecule has 1 aliphatic carbocycles. The van der Waals surface area contributed by atoms with Gasteiger partial charge in [0.1, 0.15) is 0 Å². The van der Waals surface area contributed by atoms with Crippen molar-refractivity contribution in [1.82, 2.24) is 15.5 Å². The van der Waals surface area contributed by atoms with E-state index in [2.05, 4.69) is 39.8 Å². The summed E-state index contributed by atoms with van der Waals surface area (Å²) in [7, 11) is 1.93. The summed E-state index contributed by atoms with van der Waals surface area (Å²) in [5.41, 5.74) is 2.78. The SMILES string of the molecule is CNCCc1nnc(C2CCCc3ccccc32)o1. The van der Waals surface area contributed by atoms with Crippen LogP contribution < -0.4 is 5.32 Å². The molecule has 4 nitrogen and oxygen atoms in total. The van der Waals surface area contributed by atoms with Crippen molar-refractivity contribution in [3.63, 3.8) is 0 Å². The fourth-order valence-corrected chi connectivity index (χ4v) is 2.75. The Morgan fingerprint density at radius 1 is 1.32 bits per heavy atom. The maximum absolute atomic E-state index is 5.82. The lowest BCUT2D eigenvalue weighted by Crippen LogP contribution is -2.11. The summed E-state index contributed by atoms with van der Waals surface area (Å²) in [6.45, 7) is 0.864. The largest absolute Gasteiger partial charge is 0.425 e. The molecular weight excluding hydrogens is 238 g/mol. The first kappa shape index (κ1) is 12.4. The highest BCUT2D eigenvalue weighted by atomic mass is 16.4. The summed E-state index contributed by atoms with van der Waals surface area (Å²) in [5.74, 6) is 1.78. The topological polar surface area (TPSA) is 51.0 Å². The highest BCUT2D eigenvalue weighted by Crippen LogP contribution is 2.35. The zero-order valence-corrected chi connectivity index (χ0v) is 11.2. The van der Waals surface area contributed by atoms with Crippen LogP contribution in [0.2, 0.25) is 0 Å². The van der Waals surface area contributed by atoms with Crippen LogP contribution in [0.25, 0.3) is 0 Å². The number of nitrogens with zero attached hydrogens (tertiary/aromatic N) is 2. The van der Waals surface area contributed by atoms with E-state index in [4.69, 9.17) is 4.42 Å². The van der Waals surface area contributed by atoms with E-state index >= 15 is 0 Å². The van der Waals surface area contributed by atoms with Crippen LogP contribution >= 0.6 is 0 Å². The molecule has 1 heterocycles. The van der Waals surface area contributed by atoms with Gasteiger partial charge < -0.3 is 9.73 Å². The number of aromatic nitrogens is 2. The lowest BCUT2D eigenvalue weighted by Gasteiger charge is -2.22. The Kier molecular flexibility index (Phi) is 3.60. The van der Waals surface area contributed by atoms with E-state index in [0.717, 1.165) is 37.6 Å². The highest BCUT2D eigenvalue weighted by Gasteiger charge is 2.25. The minimum absolute atomic E-state index is 0.279. The van der Waals surface area contributed by atoms with Gasteiger partial charge in [-0.05, 0) is 37.4 Å². The van der Waals surface area contributed by atoms with Gasteiger partial charge in [0.15, 0.2) is 0 Å². The Morgan fingerprint density at radius 2 is 2.21 bits per heavy atom. The lowest BCUT2D eigenvalue weighted by atomic mass is 9.83. The second-order valence-corrected chi connectivity index (χ2v) is 5.03. The Morgan fingerprint density at radius 3 is 3.11 bits per heavy atom. The van der Waals surface area contributed by atoms with Crippen LogP contribution in [0.1, 0.15) is 41.7 Å². The zero-order chi connectivity index (χ0) is 13.1. The summed E-state index contributed by atoms with van der Waals surface area (Å²) < 4.78 is 5.82. The van der Waals surface area contributed by atoms with Gasteiger partial charge in [-0.15, -0.1) is 10.2 Å². The van der Waals surface area contributed by atoms with E-state index in [0.29, 0.717) is 0 Å². The van der Waals surface area contributed by atoms with Crippen molar-refractivity contribution in [3.8, 4) is 0 Å². The van der Waals surface area contributed by atoms with Crippen LogP contribution in [0.4, 0.5) is 0 Å². The minimum Gasteiger partial charge on any atom is -0.425 e. The summed E-state index contributed by atoms with van der Waals surface area (Å²) in [6, 6.07) is 8.60. The van der Waals surface area contributed by atoms with Gasteiger partial charge in [-0.25, -0.2) is 0 Å². The van der Waals surface area contributed by atoms with Crippen molar-refractivity contribution in [2.45, 2.75) is 31.6 Å². The van der Waals surface area contributed by atoms with Gasteiger partial charge in [0.2, 0.25) is 11.8 Å². The lowest BCUT2D eigenvalue weighted by molar-refractivity contribution is 0.412. The third-order valence-electron chi connectivity index (χ3n) is 3.74. The van der Waals surface area contributed by atoms with Gasteiger partial charge in [-0.1, -0.05) is 24.3 Å². The van der Waals surface area contributed by atoms with Crippen LogP contribution in [-0.2, 0) is 12.8 Å². The van der Waals surface area contributed by atoms with Crippen molar-refractivity contribution >= 4 is 0 Å². The quantitative estimate of drug-likeness (QED) is 0.913. The molecular formula is C15H19N3O. The Hall–Kier alpha value is -1.68. The first-order chi connectivity index (χ1) is 9.38. The minimum atomic E-state index is 0.279. The van der Waals surface area contributed by atoms with Crippen LogP contribution in [0.3, 0.4) is 0 Å². The molecule has 1 aromatic heterocycles. The van der Waals surface area contributed by atoms with E-state index in [1.807, 2.05) is 7.05 Å². The molecule has 0 saturated carbocycles. The molecule has 1 aromatic carbocycles. The Balaban J connectivity index is 1.85. The molecule has 4 heteroatoms. The number of fused-ring (bicyclic) bond motifs is 1. The van der Waals surface area contributed by atoms with Crippen LogP contribution in [0.15, 0.2) is 28.7 Å². The average molecular weight is 257 g/mol.